The molecule has 0 atom stereocenters. The fourth-order valence-corrected chi connectivity index (χ4v) is 2.68. The summed E-state index contributed by atoms with van der Waals surface area (Å²) in [5.74, 6) is 0.986. The van der Waals surface area contributed by atoms with E-state index in [1.807, 2.05) is 43.3 Å². The molecule has 0 aromatic carbocycles. The summed E-state index contributed by atoms with van der Waals surface area (Å²) < 4.78 is 1.96. The molecule has 144 valence electrons. The molecule has 2 aromatic rings. The van der Waals surface area contributed by atoms with Crippen molar-refractivity contribution in [1.29, 1.82) is 0 Å². The highest BCUT2D eigenvalue weighted by atomic mass is 32.2. The molecule has 0 unspecified atom stereocenters. The Kier molecular flexibility index (Phi) is 7.06. The van der Waals surface area contributed by atoms with Gasteiger partial charge in [0.05, 0.1) is 24.3 Å². The van der Waals surface area contributed by atoms with Crippen LogP contribution in [0.2, 0.25) is 0 Å². The molecule has 0 aliphatic heterocycles. The highest BCUT2D eigenvalue weighted by Crippen LogP contribution is 2.25. The Labute approximate surface area is 164 Å². The summed E-state index contributed by atoms with van der Waals surface area (Å²) in [6, 6.07) is 0. The van der Waals surface area contributed by atoms with Gasteiger partial charge in [-0.25, -0.2) is 9.98 Å². The standard InChI is InChI=1S/C19H27N7S/c1-8-9-25-17(16-10-22-26(12-16)20-6)11-21-18(25)15(5)24-19(27-7)23-14(4)13(2)3/h8-13,20H,4-5H2,1-3,6-7H3,(H,23,24)/b9-8-. The third kappa shape index (κ3) is 4.91. The summed E-state index contributed by atoms with van der Waals surface area (Å²) in [5.41, 5.74) is 6.28. The number of aromatic nitrogens is 4. The maximum atomic E-state index is 4.62. The first-order valence-electron chi connectivity index (χ1n) is 8.61. The van der Waals surface area contributed by atoms with E-state index in [-0.39, 0.29) is 0 Å². The predicted octanol–water partition coefficient (Wildman–Crippen LogP) is 3.86. The zero-order chi connectivity index (χ0) is 20.0. The van der Waals surface area contributed by atoms with Crippen LogP contribution in [0.3, 0.4) is 0 Å². The van der Waals surface area contributed by atoms with Crippen molar-refractivity contribution in [3.63, 3.8) is 0 Å². The van der Waals surface area contributed by atoms with E-state index in [2.05, 4.69) is 52.8 Å². The van der Waals surface area contributed by atoms with Crippen LogP contribution in [-0.2, 0) is 0 Å². The molecule has 0 saturated carbocycles. The first-order valence-corrected chi connectivity index (χ1v) is 9.84. The quantitative estimate of drug-likeness (QED) is 0.559. The second-order valence-corrected chi connectivity index (χ2v) is 6.88. The smallest absolute Gasteiger partial charge is 0.165 e. The van der Waals surface area contributed by atoms with Gasteiger partial charge < -0.3 is 10.7 Å². The number of hydrogen-bond donors (Lipinski definition) is 2. The normalized spacial score (nSPS) is 12.0. The molecule has 0 aliphatic carbocycles. The van der Waals surface area contributed by atoms with E-state index < -0.39 is 0 Å². The SMILES string of the molecule is C=C(N=C(NC(=C)C(C)C)SC)c1ncc(-c2cnn(NC)c2)n1/C=C\C. The molecule has 27 heavy (non-hydrogen) atoms. The molecular formula is C19H27N7S. The summed E-state index contributed by atoms with van der Waals surface area (Å²) >= 11 is 1.51. The third-order valence-corrected chi connectivity index (χ3v) is 4.43. The number of allylic oxidation sites excluding steroid dienone is 2. The molecule has 0 saturated heterocycles. The average molecular weight is 386 g/mol. The van der Waals surface area contributed by atoms with Crippen LogP contribution in [0, 0.1) is 5.92 Å². The Morgan fingerprint density at radius 3 is 2.63 bits per heavy atom. The summed E-state index contributed by atoms with van der Waals surface area (Å²) in [6.45, 7) is 14.3. The molecule has 0 fully saturated rings. The van der Waals surface area contributed by atoms with Crippen molar-refractivity contribution >= 4 is 28.8 Å². The van der Waals surface area contributed by atoms with Crippen LogP contribution < -0.4 is 10.7 Å². The number of imidazole rings is 1. The van der Waals surface area contributed by atoms with Crippen LogP contribution in [0.4, 0.5) is 0 Å². The molecule has 2 N–H and O–H groups in total. The number of aliphatic imine (C=N–C) groups is 1. The van der Waals surface area contributed by atoms with Crippen molar-refractivity contribution in [2.45, 2.75) is 20.8 Å². The molecule has 0 bridgehead atoms. The lowest BCUT2D eigenvalue weighted by Gasteiger charge is -2.14. The Bertz CT molecular complexity index is 871. The Balaban J connectivity index is 2.38. The second-order valence-electron chi connectivity index (χ2n) is 6.09. The molecule has 0 spiro atoms. The fraction of sp³-hybridized carbons (Fsp3) is 0.316. The maximum Gasteiger partial charge on any atom is 0.165 e. The van der Waals surface area contributed by atoms with Gasteiger partial charge in [-0.2, -0.15) is 9.89 Å². The van der Waals surface area contributed by atoms with E-state index in [0.717, 1.165) is 22.1 Å². The molecule has 8 heteroatoms. The third-order valence-electron chi connectivity index (χ3n) is 3.85. The van der Waals surface area contributed by atoms with E-state index in [1.165, 1.54) is 11.8 Å². The van der Waals surface area contributed by atoms with E-state index >= 15 is 0 Å². The van der Waals surface area contributed by atoms with Gasteiger partial charge in [-0.15, -0.1) is 0 Å². The first kappa shape index (κ1) is 20.6. The van der Waals surface area contributed by atoms with Crippen LogP contribution in [0.5, 0.6) is 0 Å². The lowest BCUT2D eigenvalue weighted by Crippen LogP contribution is -2.22. The average Bonchev–Trinajstić information content (AvgIpc) is 3.27. The van der Waals surface area contributed by atoms with Crippen LogP contribution in [0.1, 0.15) is 26.6 Å². The minimum absolute atomic E-state index is 0.316. The van der Waals surface area contributed by atoms with Crippen LogP contribution >= 0.6 is 11.8 Å². The van der Waals surface area contributed by atoms with Gasteiger partial charge in [-0.05, 0) is 19.1 Å². The van der Waals surface area contributed by atoms with Crippen molar-refractivity contribution < 1.29 is 0 Å². The second kappa shape index (κ2) is 9.27. The van der Waals surface area contributed by atoms with E-state index in [9.17, 15) is 0 Å². The molecule has 2 rings (SSSR count). The van der Waals surface area contributed by atoms with E-state index in [0.29, 0.717) is 17.4 Å². The van der Waals surface area contributed by atoms with Crippen molar-refractivity contribution in [3.05, 3.63) is 49.3 Å². The van der Waals surface area contributed by atoms with Crippen LogP contribution in [0.15, 0.2) is 48.5 Å². The largest absolute Gasteiger partial charge is 0.339 e. The van der Waals surface area contributed by atoms with Crippen molar-refractivity contribution in [2.75, 3.05) is 18.7 Å². The number of rotatable bonds is 7. The highest BCUT2D eigenvalue weighted by Gasteiger charge is 2.15. The van der Waals surface area contributed by atoms with Gasteiger partial charge in [0.2, 0.25) is 0 Å². The van der Waals surface area contributed by atoms with Crippen molar-refractivity contribution in [2.24, 2.45) is 10.9 Å². The summed E-state index contributed by atoms with van der Waals surface area (Å²) in [7, 11) is 1.81. The maximum absolute atomic E-state index is 4.62. The minimum Gasteiger partial charge on any atom is -0.339 e. The lowest BCUT2D eigenvalue weighted by molar-refractivity contribution is 0.733. The monoisotopic (exact) mass is 385 g/mol. The molecule has 7 nitrogen and oxygen atoms in total. The van der Waals surface area contributed by atoms with E-state index in [4.69, 9.17) is 0 Å². The number of hydrogen-bond acceptors (Lipinski definition) is 5. The van der Waals surface area contributed by atoms with E-state index in [1.54, 1.807) is 17.2 Å². The van der Waals surface area contributed by atoms with Crippen LogP contribution in [-0.4, -0.2) is 37.9 Å². The Hall–Kier alpha value is -2.74. The molecule has 2 heterocycles. The lowest BCUT2D eigenvalue weighted by atomic mass is 10.2. The topological polar surface area (TPSA) is 72.1 Å². The zero-order valence-corrected chi connectivity index (χ0v) is 17.3. The first-order chi connectivity index (χ1) is 12.9. The summed E-state index contributed by atoms with van der Waals surface area (Å²) in [4.78, 5) is 10.8. The number of amidine groups is 1. The minimum atomic E-state index is 0.316. The predicted molar refractivity (Wildman–Crippen MR) is 117 cm³/mol. The van der Waals surface area contributed by atoms with Gasteiger partial charge in [0.15, 0.2) is 11.0 Å². The summed E-state index contributed by atoms with van der Waals surface area (Å²) in [6.07, 6.45) is 11.3. The number of thioether (sulfide) groups is 1. The molecule has 0 radical (unpaired) electrons. The van der Waals surface area contributed by atoms with Gasteiger partial charge in [0.1, 0.15) is 5.70 Å². The Morgan fingerprint density at radius 2 is 2.07 bits per heavy atom. The van der Waals surface area contributed by atoms with Crippen molar-refractivity contribution in [1.82, 2.24) is 24.8 Å². The molecule has 0 amide bonds. The number of nitrogens with one attached hydrogen (secondary N) is 2. The number of nitrogens with zero attached hydrogens (tertiary/aromatic N) is 5. The Morgan fingerprint density at radius 1 is 1.33 bits per heavy atom. The van der Waals surface area contributed by atoms with Gasteiger partial charge in [-0.1, -0.05) is 44.8 Å². The fourth-order valence-electron chi connectivity index (χ4n) is 2.24. The van der Waals surface area contributed by atoms with Crippen LogP contribution in [0.25, 0.3) is 23.2 Å². The van der Waals surface area contributed by atoms with Crippen molar-refractivity contribution in [3.8, 4) is 11.3 Å². The highest BCUT2D eigenvalue weighted by molar-refractivity contribution is 8.13. The zero-order valence-electron chi connectivity index (χ0n) is 16.5. The van der Waals surface area contributed by atoms with Gasteiger partial charge in [0, 0.05) is 24.5 Å². The molecule has 2 aromatic heterocycles. The summed E-state index contributed by atoms with van der Waals surface area (Å²) in [5, 5.41) is 8.23. The molecular weight excluding hydrogens is 358 g/mol. The van der Waals surface area contributed by atoms with Gasteiger partial charge in [0.25, 0.3) is 0 Å². The van der Waals surface area contributed by atoms with Gasteiger partial charge in [-0.3, -0.25) is 4.57 Å². The van der Waals surface area contributed by atoms with Gasteiger partial charge >= 0.3 is 0 Å². The molecule has 0 aliphatic rings.